The van der Waals surface area contributed by atoms with E-state index in [4.69, 9.17) is 0 Å². The highest BCUT2D eigenvalue weighted by molar-refractivity contribution is 7.09. The molecule has 0 aliphatic heterocycles. The van der Waals surface area contributed by atoms with E-state index < -0.39 is 11.7 Å². The Balaban J connectivity index is 2.25. The molecule has 0 saturated heterocycles. The van der Waals surface area contributed by atoms with Crippen LogP contribution in [0.25, 0.3) is 0 Å². The molecule has 2 rings (SSSR count). The fourth-order valence-electron chi connectivity index (χ4n) is 2.03. The highest BCUT2D eigenvalue weighted by atomic mass is 32.1. The van der Waals surface area contributed by atoms with Gasteiger partial charge in [-0.3, -0.25) is 0 Å². The summed E-state index contributed by atoms with van der Waals surface area (Å²) in [5.74, 6) is -0.143. The van der Waals surface area contributed by atoms with Gasteiger partial charge in [0.1, 0.15) is 5.56 Å². The van der Waals surface area contributed by atoms with Crippen LogP contribution in [0, 0.1) is 6.92 Å². The molecule has 0 amide bonds. The van der Waals surface area contributed by atoms with Gasteiger partial charge in [-0.15, -0.1) is 16.4 Å². The third kappa shape index (κ3) is 3.69. The number of hydrogen-bond acceptors (Lipinski definition) is 5. The normalized spacial score (nSPS) is 13.2. The lowest BCUT2D eigenvalue weighted by atomic mass is 10.1. The predicted molar refractivity (Wildman–Crippen MR) is 75.6 cm³/mol. The molecule has 0 spiro atoms. The Kier molecular flexibility index (Phi) is 4.46. The molecular formula is C13H15F3N4S. The topological polar surface area (TPSA) is 41.9 Å². The lowest BCUT2D eigenvalue weighted by Gasteiger charge is -2.24. The molecule has 8 heteroatoms. The summed E-state index contributed by atoms with van der Waals surface area (Å²) in [6, 6.07) is 1.02. The van der Waals surface area contributed by atoms with Gasteiger partial charge < -0.3 is 4.90 Å². The molecule has 4 nitrogen and oxygen atoms in total. The number of likely N-dealkylation sites (N-methyl/N-ethyl adjacent to an activating group) is 1. The quantitative estimate of drug-likeness (QED) is 0.866. The Morgan fingerprint density at radius 3 is 2.62 bits per heavy atom. The summed E-state index contributed by atoms with van der Waals surface area (Å²) in [4.78, 5) is 5.66. The molecule has 1 unspecified atom stereocenters. The van der Waals surface area contributed by atoms with Gasteiger partial charge in [0, 0.05) is 31.1 Å². The summed E-state index contributed by atoms with van der Waals surface area (Å²) in [6.07, 6.45) is -2.77. The van der Waals surface area contributed by atoms with E-state index in [-0.39, 0.29) is 17.4 Å². The van der Waals surface area contributed by atoms with E-state index in [0.717, 1.165) is 11.1 Å². The van der Waals surface area contributed by atoms with Crippen LogP contribution in [0.15, 0.2) is 17.6 Å². The summed E-state index contributed by atoms with van der Waals surface area (Å²) < 4.78 is 39.3. The summed E-state index contributed by atoms with van der Waals surface area (Å²) in [6.45, 7) is 3.79. The molecule has 0 aliphatic carbocycles. The zero-order chi connectivity index (χ0) is 15.6. The van der Waals surface area contributed by atoms with Crippen molar-refractivity contribution in [2.45, 2.75) is 25.9 Å². The van der Waals surface area contributed by atoms with Crippen molar-refractivity contribution in [3.8, 4) is 0 Å². The molecule has 0 aromatic carbocycles. The van der Waals surface area contributed by atoms with Gasteiger partial charge in [-0.2, -0.15) is 18.3 Å². The average molecular weight is 316 g/mol. The van der Waals surface area contributed by atoms with Crippen molar-refractivity contribution in [2.75, 3.05) is 18.5 Å². The van der Waals surface area contributed by atoms with Crippen molar-refractivity contribution in [3.05, 3.63) is 33.9 Å². The van der Waals surface area contributed by atoms with Crippen LogP contribution >= 0.6 is 11.3 Å². The van der Waals surface area contributed by atoms with Crippen LogP contribution in [0.2, 0.25) is 0 Å². The van der Waals surface area contributed by atoms with Crippen molar-refractivity contribution in [1.29, 1.82) is 0 Å². The second-order valence-electron chi connectivity index (χ2n) is 4.87. The minimum absolute atomic E-state index is 0.0131. The SMILES string of the molecule is Cc1cc(C(F)(F)F)c(N(C)CC(C)c2nccs2)nn1. The monoisotopic (exact) mass is 316 g/mol. The Labute approximate surface area is 124 Å². The first-order valence-corrected chi connectivity index (χ1v) is 7.19. The number of nitrogens with zero attached hydrogens (tertiary/aromatic N) is 4. The number of halogens is 3. The first kappa shape index (κ1) is 15.7. The minimum Gasteiger partial charge on any atom is -0.357 e. The van der Waals surface area contributed by atoms with Crippen LogP contribution in [0.3, 0.4) is 0 Å². The Morgan fingerprint density at radius 1 is 1.33 bits per heavy atom. The predicted octanol–water partition coefficient (Wildman–Crippen LogP) is 3.50. The van der Waals surface area contributed by atoms with E-state index in [1.165, 1.54) is 23.2 Å². The molecular weight excluding hydrogens is 301 g/mol. The Bertz CT molecular complexity index is 598. The zero-order valence-electron chi connectivity index (χ0n) is 11.8. The Hall–Kier alpha value is -1.70. The third-order valence-electron chi connectivity index (χ3n) is 2.98. The largest absolute Gasteiger partial charge is 0.420 e. The van der Waals surface area contributed by atoms with Gasteiger partial charge >= 0.3 is 6.18 Å². The van der Waals surface area contributed by atoms with Gasteiger partial charge in [0.2, 0.25) is 0 Å². The van der Waals surface area contributed by atoms with Crippen LogP contribution < -0.4 is 4.90 Å². The maximum absolute atomic E-state index is 13.1. The van der Waals surface area contributed by atoms with E-state index in [1.807, 2.05) is 12.3 Å². The zero-order valence-corrected chi connectivity index (χ0v) is 12.7. The van der Waals surface area contributed by atoms with Gasteiger partial charge in [-0.1, -0.05) is 6.92 Å². The van der Waals surface area contributed by atoms with E-state index in [0.29, 0.717) is 6.54 Å². The number of thiazole rings is 1. The van der Waals surface area contributed by atoms with Crippen LogP contribution in [0.1, 0.15) is 29.1 Å². The van der Waals surface area contributed by atoms with Gasteiger partial charge in [0.15, 0.2) is 5.82 Å². The van der Waals surface area contributed by atoms with Crippen molar-refractivity contribution in [3.63, 3.8) is 0 Å². The molecule has 2 aromatic rings. The van der Waals surface area contributed by atoms with E-state index in [1.54, 1.807) is 13.2 Å². The molecule has 0 aliphatic rings. The fraction of sp³-hybridized carbons (Fsp3) is 0.462. The van der Waals surface area contributed by atoms with E-state index >= 15 is 0 Å². The van der Waals surface area contributed by atoms with Gasteiger partial charge in [-0.25, -0.2) is 4.98 Å². The number of rotatable bonds is 4. The summed E-state index contributed by atoms with van der Waals surface area (Å²) in [5, 5.41) is 10.2. The second-order valence-corrected chi connectivity index (χ2v) is 5.80. The number of alkyl halides is 3. The van der Waals surface area contributed by atoms with Crippen molar-refractivity contribution in [2.24, 2.45) is 0 Å². The first-order valence-electron chi connectivity index (χ1n) is 6.31. The van der Waals surface area contributed by atoms with Gasteiger partial charge in [-0.05, 0) is 13.0 Å². The molecule has 21 heavy (non-hydrogen) atoms. The molecule has 114 valence electrons. The molecule has 0 N–H and O–H groups in total. The van der Waals surface area contributed by atoms with Gasteiger partial charge in [0.05, 0.1) is 10.7 Å². The summed E-state index contributed by atoms with van der Waals surface area (Å²) in [5.41, 5.74) is -0.517. The van der Waals surface area contributed by atoms with E-state index in [9.17, 15) is 13.2 Å². The van der Waals surface area contributed by atoms with Crippen LogP contribution in [0.5, 0.6) is 0 Å². The fourth-order valence-corrected chi connectivity index (χ4v) is 2.72. The van der Waals surface area contributed by atoms with Crippen molar-refractivity contribution >= 4 is 17.2 Å². The van der Waals surface area contributed by atoms with Crippen LogP contribution in [0.4, 0.5) is 19.0 Å². The number of anilines is 1. The summed E-state index contributed by atoms with van der Waals surface area (Å²) >= 11 is 1.48. The molecule has 0 fully saturated rings. The standard InChI is InChI=1S/C13H15F3N4S/c1-8(12-17-4-5-21-12)7-20(3)11-10(13(14,15)16)6-9(2)18-19-11/h4-6,8H,7H2,1-3H3. The van der Waals surface area contributed by atoms with Gasteiger partial charge in [0.25, 0.3) is 0 Å². The van der Waals surface area contributed by atoms with E-state index in [2.05, 4.69) is 15.2 Å². The second kappa shape index (κ2) is 5.97. The highest BCUT2D eigenvalue weighted by Crippen LogP contribution is 2.35. The third-order valence-corrected chi connectivity index (χ3v) is 3.99. The summed E-state index contributed by atoms with van der Waals surface area (Å²) in [7, 11) is 1.58. The molecule has 1 atom stereocenters. The average Bonchev–Trinajstić information content (AvgIpc) is 2.91. The van der Waals surface area contributed by atoms with Crippen LogP contribution in [-0.4, -0.2) is 28.8 Å². The molecule has 2 heterocycles. The van der Waals surface area contributed by atoms with Crippen LogP contribution in [-0.2, 0) is 6.18 Å². The molecule has 2 aromatic heterocycles. The number of aryl methyl sites for hydroxylation is 1. The molecule has 0 saturated carbocycles. The number of aromatic nitrogens is 3. The number of hydrogen-bond donors (Lipinski definition) is 0. The lowest BCUT2D eigenvalue weighted by Crippen LogP contribution is -2.27. The highest BCUT2D eigenvalue weighted by Gasteiger charge is 2.36. The maximum atomic E-state index is 13.1. The van der Waals surface area contributed by atoms with Crippen molar-refractivity contribution in [1.82, 2.24) is 15.2 Å². The molecule has 0 radical (unpaired) electrons. The minimum atomic E-state index is -4.45. The lowest BCUT2D eigenvalue weighted by molar-refractivity contribution is -0.137. The maximum Gasteiger partial charge on any atom is 0.420 e. The Morgan fingerprint density at radius 2 is 2.05 bits per heavy atom. The molecule has 0 bridgehead atoms. The smallest absolute Gasteiger partial charge is 0.357 e. The first-order chi connectivity index (χ1) is 9.79. The van der Waals surface area contributed by atoms with Crippen molar-refractivity contribution < 1.29 is 13.2 Å².